The van der Waals surface area contributed by atoms with Gasteiger partial charge in [0.05, 0.1) is 33.8 Å². The molecule has 0 bridgehead atoms. The fraction of sp³-hybridized carbons (Fsp3) is 0.750. The van der Waals surface area contributed by atoms with Crippen molar-refractivity contribution in [2.45, 2.75) is 309 Å². The Morgan fingerprint density at radius 2 is 0.780 bits per heavy atom. The van der Waals surface area contributed by atoms with Crippen molar-refractivity contribution in [3.8, 4) is 0 Å². The van der Waals surface area contributed by atoms with E-state index in [2.05, 4.69) is 111 Å². The van der Waals surface area contributed by atoms with Gasteiger partial charge in [-0.15, -0.1) is 0 Å². The molecule has 0 spiro atoms. The number of likely N-dealkylation sites (N-methyl/N-ethyl adjacent to an activating group) is 1. The molecule has 0 aromatic carbocycles. The highest BCUT2D eigenvalue weighted by Crippen LogP contribution is 2.43. The molecule has 82 heavy (non-hydrogen) atoms. The second-order valence-electron chi connectivity index (χ2n) is 24.0. The molecule has 0 aromatic rings. The molecular formula is C72H130N2O7P+. The Labute approximate surface area is 507 Å². The second-order valence-corrected chi connectivity index (χ2v) is 25.4. The zero-order valence-corrected chi connectivity index (χ0v) is 55.1. The number of phosphoric ester groups is 1. The number of amides is 1. The Morgan fingerprint density at radius 3 is 1.20 bits per heavy atom. The van der Waals surface area contributed by atoms with Crippen molar-refractivity contribution >= 4 is 19.7 Å². The lowest BCUT2D eigenvalue weighted by Gasteiger charge is -2.27. The first-order chi connectivity index (χ1) is 39.9. The summed E-state index contributed by atoms with van der Waals surface area (Å²) in [5.74, 6) is -0.518. The van der Waals surface area contributed by atoms with Crippen LogP contribution in [0.2, 0.25) is 0 Å². The number of nitrogens with zero attached hydrogens (tertiary/aromatic N) is 1. The molecule has 9 nitrogen and oxygen atoms in total. The number of quaternary nitrogens is 1. The molecule has 0 radical (unpaired) electrons. The first-order valence-corrected chi connectivity index (χ1v) is 35.6. The predicted molar refractivity (Wildman–Crippen MR) is 355 cm³/mol. The van der Waals surface area contributed by atoms with Crippen LogP contribution < -0.4 is 5.32 Å². The van der Waals surface area contributed by atoms with E-state index in [9.17, 15) is 19.0 Å². The van der Waals surface area contributed by atoms with E-state index in [1.807, 2.05) is 33.3 Å². The summed E-state index contributed by atoms with van der Waals surface area (Å²) in [5.41, 5.74) is 0. The number of allylic oxidation sites excluding steroid dienone is 15. The standard InChI is InChI=1S/C72H129N2O7P/c1-7-10-13-16-19-22-25-28-30-32-34-36-37-39-41-43-45-47-50-53-56-59-62-65-72(76)81-70(63-60-57-54-51-48-27-24-21-18-15-12-9-3)69(68-80-82(77,78)79-67-66-74(4,5)6)73-71(75)64-61-58-55-52-49-46-44-42-40-38-35-33-31-29-26-23-20-17-14-11-8-2/h10,13,19-20,22-23,28-31,34,36,39,41,60,63,69-70H,7-9,11-12,14-18,21,24-27,32-33,35,37-38,40,42-59,61-62,64-68H2,1-6H3,(H-,73,75,77,78)/p+1/b13-10-,22-19-,23-20-,30-28-,31-29-,36-34-,41-39-,63-60+. The number of ether oxygens (including phenoxy) is 1. The van der Waals surface area contributed by atoms with E-state index in [0.717, 1.165) is 109 Å². The van der Waals surface area contributed by atoms with Crippen LogP contribution in [-0.4, -0.2) is 74.3 Å². The molecular weight excluding hydrogens is 1040 g/mol. The van der Waals surface area contributed by atoms with Gasteiger partial charge in [-0.2, -0.15) is 0 Å². The van der Waals surface area contributed by atoms with Gasteiger partial charge in [-0.1, -0.05) is 272 Å². The molecule has 0 saturated heterocycles. The number of carbonyl (C=O) groups excluding carboxylic acids is 2. The van der Waals surface area contributed by atoms with Crippen LogP contribution in [0.1, 0.15) is 297 Å². The first-order valence-electron chi connectivity index (χ1n) is 34.1. The van der Waals surface area contributed by atoms with Crippen LogP contribution in [-0.2, 0) is 27.9 Å². The number of esters is 1. The Kier molecular flexibility index (Phi) is 58.7. The second kappa shape index (κ2) is 61.0. The van der Waals surface area contributed by atoms with Gasteiger partial charge < -0.3 is 19.4 Å². The molecule has 0 aromatic heterocycles. The molecule has 0 aliphatic carbocycles. The highest BCUT2D eigenvalue weighted by Gasteiger charge is 2.30. The van der Waals surface area contributed by atoms with Gasteiger partial charge in [0.2, 0.25) is 5.91 Å². The molecule has 0 rings (SSSR count). The van der Waals surface area contributed by atoms with Crippen molar-refractivity contribution in [1.29, 1.82) is 0 Å². The van der Waals surface area contributed by atoms with Gasteiger partial charge in [0, 0.05) is 12.8 Å². The molecule has 10 heteroatoms. The van der Waals surface area contributed by atoms with E-state index < -0.39 is 20.0 Å². The first kappa shape index (κ1) is 78.9. The fourth-order valence-electron chi connectivity index (χ4n) is 9.53. The largest absolute Gasteiger partial charge is 0.472 e. The molecule has 0 saturated carbocycles. The highest BCUT2D eigenvalue weighted by atomic mass is 31.2. The zero-order valence-electron chi connectivity index (χ0n) is 54.2. The van der Waals surface area contributed by atoms with Crippen molar-refractivity contribution in [2.24, 2.45) is 0 Å². The summed E-state index contributed by atoms with van der Waals surface area (Å²) in [5, 5.41) is 3.06. The quantitative estimate of drug-likeness (QED) is 0.0205. The summed E-state index contributed by atoms with van der Waals surface area (Å²) in [6, 6.07) is -0.860. The van der Waals surface area contributed by atoms with Crippen LogP contribution in [0.4, 0.5) is 0 Å². The maximum absolute atomic E-state index is 13.6. The van der Waals surface area contributed by atoms with E-state index in [1.165, 1.54) is 154 Å². The molecule has 0 aliphatic heterocycles. The van der Waals surface area contributed by atoms with Crippen LogP contribution >= 0.6 is 7.82 Å². The van der Waals surface area contributed by atoms with Crippen molar-refractivity contribution in [3.63, 3.8) is 0 Å². The average Bonchev–Trinajstić information content (AvgIpc) is 3.44. The van der Waals surface area contributed by atoms with Crippen molar-refractivity contribution in [1.82, 2.24) is 5.32 Å². The van der Waals surface area contributed by atoms with Crippen LogP contribution in [0.25, 0.3) is 0 Å². The Morgan fingerprint density at radius 1 is 0.439 bits per heavy atom. The Hall–Kier alpha value is -3.07. The summed E-state index contributed by atoms with van der Waals surface area (Å²) in [7, 11) is 1.48. The normalized spacial score (nSPS) is 14.2. The molecule has 1 amide bonds. The summed E-state index contributed by atoms with van der Waals surface area (Å²) in [4.78, 5) is 37.9. The van der Waals surface area contributed by atoms with Gasteiger partial charge in [-0.05, 0) is 109 Å². The number of nitrogens with one attached hydrogen (secondary N) is 1. The minimum Gasteiger partial charge on any atom is -0.456 e. The van der Waals surface area contributed by atoms with Gasteiger partial charge in [0.25, 0.3) is 0 Å². The number of hydrogen-bond acceptors (Lipinski definition) is 6. The van der Waals surface area contributed by atoms with E-state index in [-0.39, 0.29) is 31.5 Å². The van der Waals surface area contributed by atoms with E-state index in [1.54, 1.807) is 0 Å². The maximum Gasteiger partial charge on any atom is 0.472 e. The lowest BCUT2D eigenvalue weighted by atomic mass is 10.0. The van der Waals surface area contributed by atoms with E-state index in [0.29, 0.717) is 17.4 Å². The average molecular weight is 1170 g/mol. The third-order valence-electron chi connectivity index (χ3n) is 14.8. The molecule has 0 heterocycles. The van der Waals surface area contributed by atoms with Gasteiger partial charge in [0.15, 0.2) is 0 Å². The number of rotatable bonds is 61. The minimum atomic E-state index is -4.46. The summed E-state index contributed by atoms with van der Waals surface area (Å²) < 4.78 is 30.8. The van der Waals surface area contributed by atoms with Gasteiger partial charge in [0.1, 0.15) is 19.3 Å². The predicted octanol–water partition coefficient (Wildman–Crippen LogP) is 21.5. The number of phosphoric acid groups is 1. The lowest BCUT2D eigenvalue weighted by molar-refractivity contribution is -0.870. The smallest absolute Gasteiger partial charge is 0.456 e. The third kappa shape index (κ3) is 61.5. The number of unbranched alkanes of at least 4 members (excludes halogenated alkanes) is 31. The highest BCUT2D eigenvalue weighted by molar-refractivity contribution is 7.47. The van der Waals surface area contributed by atoms with Crippen LogP contribution in [0, 0.1) is 0 Å². The monoisotopic (exact) mass is 1170 g/mol. The summed E-state index contributed by atoms with van der Waals surface area (Å²) in [6.07, 6.45) is 82.6. The summed E-state index contributed by atoms with van der Waals surface area (Å²) >= 11 is 0. The number of hydrogen-bond donors (Lipinski definition) is 2. The van der Waals surface area contributed by atoms with Crippen molar-refractivity contribution in [2.75, 3.05) is 40.9 Å². The summed E-state index contributed by atoms with van der Waals surface area (Å²) in [6.45, 7) is 6.88. The maximum atomic E-state index is 13.6. The third-order valence-corrected chi connectivity index (χ3v) is 15.7. The number of carbonyl (C=O) groups is 2. The Bertz CT molecular complexity index is 1720. The van der Waals surface area contributed by atoms with Crippen LogP contribution in [0.5, 0.6) is 0 Å². The van der Waals surface area contributed by atoms with Crippen molar-refractivity contribution in [3.05, 3.63) is 97.2 Å². The fourth-order valence-corrected chi connectivity index (χ4v) is 10.3. The topological polar surface area (TPSA) is 111 Å². The van der Waals surface area contributed by atoms with Gasteiger partial charge in [-0.25, -0.2) is 4.57 Å². The lowest BCUT2D eigenvalue weighted by Crippen LogP contribution is -2.47. The van der Waals surface area contributed by atoms with Crippen LogP contribution in [0.15, 0.2) is 97.2 Å². The zero-order chi connectivity index (χ0) is 60.0. The van der Waals surface area contributed by atoms with Gasteiger partial charge >= 0.3 is 13.8 Å². The molecule has 0 fully saturated rings. The molecule has 474 valence electrons. The minimum absolute atomic E-state index is 0.0342. The molecule has 0 aliphatic rings. The van der Waals surface area contributed by atoms with Gasteiger partial charge in [-0.3, -0.25) is 18.6 Å². The SMILES string of the molecule is CC/C=C\C/C=C\C/C=C\C/C=C\C/C=C\CCCCCCCCCC(=O)OC(/C=C/CCCCCCCCCCCC)C(COP(=O)(O)OCC[N+](C)(C)C)NC(=O)CCCCCCCCCCCCC/C=C\C/C=C\CCCCC. The van der Waals surface area contributed by atoms with Crippen LogP contribution in [0.3, 0.4) is 0 Å². The molecule has 3 atom stereocenters. The van der Waals surface area contributed by atoms with E-state index >= 15 is 0 Å². The molecule has 2 N–H and O–H groups in total. The Balaban J connectivity index is 5.16. The van der Waals surface area contributed by atoms with E-state index in [4.69, 9.17) is 13.8 Å². The molecule has 3 unspecified atom stereocenters. The van der Waals surface area contributed by atoms with Crippen molar-refractivity contribution < 1.29 is 37.3 Å².